The highest BCUT2D eigenvalue weighted by molar-refractivity contribution is 9.10. The van der Waals surface area contributed by atoms with E-state index >= 15 is 0 Å². The molecule has 18 heavy (non-hydrogen) atoms. The van der Waals surface area contributed by atoms with Crippen molar-refractivity contribution in [3.63, 3.8) is 0 Å². The van der Waals surface area contributed by atoms with Crippen LogP contribution in [0.5, 0.6) is 0 Å². The highest BCUT2D eigenvalue weighted by Gasteiger charge is 2.12. The van der Waals surface area contributed by atoms with E-state index in [0.29, 0.717) is 11.1 Å². The Morgan fingerprint density at radius 3 is 2.50 bits per heavy atom. The highest BCUT2D eigenvalue weighted by Crippen LogP contribution is 2.25. The lowest BCUT2D eigenvalue weighted by molar-refractivity contribution is 0.177. The third-order valence-corrected chi connectivity index (χ3v) is 3.43. The molecule has 0 aliphatic heterocycles. The van der Waals surface area contributed by atoms with Crippen LogP contribution in [0.2, 0.25) is 0 Å². The molecule has 0 aliphatic carbocycles. The van der Waals surface area contributed by atoms with Crippen LogP contribution in [0.15, 0.2) is 46.9 Å². The topological polar surface area (TPSA) is 20.2 Å². The molecule has 0 bridgehead atoms. The van der Waals surface area contributed by atoms with E-state index in [4.69, 9.17) is 0 Å². The molecule has 0 spiro atoms. The van der Waals surface area contributed by atoms with E-state index in [1.807, 2.05) is 0 Å². The van der Waals surface area contributed by atoms with Crippen LogP contribution in [-0.4, -0.2) is 5.11 Å². The van der Waals surface area contributed by atoms with Crippen molar-refractivity contribution in [1.29, 1.82) is 0 Å². The molecule has 0 radical (unpaired) electrons. The lowest BCUT2D eigenvalue weighted by Gasteiger charge is -2.12. The Morgan fingerprint density at radius 2 is 1.78 bits per heavy atom. The fourth-order valence-electron chi connectivity index (χ4n) is 1.74. The summed E-state index contributed by atoms with van der Waals surface area (Å²) in [6, 6.07) is 10.0. The van der Waals surface area contributed by atoms with Crippen molar-refractivity contribution in [3.8, 4) is 0 Å². The summed E-state index contributed by atoms with van der Waals surface area (Å²) in [5.74, 6) is -0.760. The maximum absolute atomic E-state index is 13.1. The predicted molar refractivity (Wildman–Crippen MR) is 69.2 cm³/mol. The average Bonchev–Trinajstić information content (AvgIpc) is 2.34. The van der Waals surface area contributed by atoms with Crippen molar-refractivity contribution in [2.45, 2.75) is 12.5 Å². The molecule has 0 amide bonds. The van der Waals surface area contributed by atoms with Gasteiger partial charge in [0.15, 0.2) is 0 Å². The molecule has 1 atom stereocenters. The maximum atomic E-state index is 13.1. The molecule has 94 valence electrons. The summed E-state index contributed by atoms with van der Waals surface area (Å²) in [6.45, 7) is 0. The van der Waals surface area contributed by atoms with Crippen LogP contribution in [-0.2, 0) is 6.42 Å². The van der Waals surface area contributed by atoms with E-state index in [2.05, 4.69) is 15.9 Å². The van der Waals surface area contributed by atoms with E-state index in [1.54, 1.807) is 12.1 Å². The zero-order valence-corrected chi connectivity index (χ0v) is 11.0. The maximum Gasteiger partial charge on any atom is 0.123 e. The molecule has 4 heteroatoms. The molecule has 2 aromatic rings. The van der Waals surface area contributed by atoms with Gasteiger partial charge in [-0.25, -0.2) is 8.78 Å². The van der Waals surface area contributed by atoms with Crippen LogP contribution in [0.3, 0.4) is 0 Å². The molecule has 0 heterocycles. The number of aliphatic hydroxyl groups is 1. The summed E-state index contributed by atoms with van der Waals surface area (Å²) in [6.07, 6.45) is -0.638. The lowest BCUT2D eigenvalue weighted by atomic mass is 10.0. The van der Waals surface area contributed by atoms with Gasteiger partial charge in [-0.2, -0.15) is 0 Å². The minimum atomic E-state index is -0.862. The van der Waals surface area contributed by atoms with E-state index in [9.17, 15) is 13.9 Å². The van der Waals surface area contributed by atoms with Gasteiger partial charge in [0.2, 0.25) is 0 Å². The second-order valence-corrected chi connectivity index (χ2v) is 4.86. The monoisotopic (exact) mass is 312 g/mol. The normalized spacial score (nSPS) is 12.4. The third kappa shape index (κ3) is 3.15. The first-order valence-electron chi connectivity index (χ1n) is 5.44. The molecule has 0 fully saturated rings. The van der Waals surface area contributed by atoms with Crippen LogP contribution in [0.1, 0.15) is 17.2 Å². The standard InChI is InChI=1S/C14H11BrF2O/c15-13-5-4-12(17)7-10(13)8-14(18)9-2-1-3-11(16)6-9/h1-7,14,18H,8H2. The molecule has 0 saturated carbocycles. The Hall–Kier alpha value is -1.26. The number of hydrogen-bond acceptors (Lipinski definition) is 1. The minimum Gasteiger partial charge on any atom is -0.388 e. The average molecular weight is 313 g/mol. The fourth-order valence-corrected chi connectivity index (χ4v) is 2.15. The largest absolute Gasteiger partial charge is 0.388 e. The Kier molecular flexibility index (Phi) is 4.09. The van der Waals surface area contributed by atoms with Crippen molar-refractivity contribution < 1.29 is 13.9 Å². The Balaban J connectivity index is 2.21. The van der Waals surface area contributed by atoms with Crippen molar-refractivity contribution in [3.05, 3.63) is 69.7 Å². The molecule has 0 aromatic heterocycles. The van der Waals surface area contributed by atoms with Gasteiger partial charge in [0.25, 0.3) is 0 Å². The van der Waals surface area contributed by atoms with Gasteiger partial charge in [-0.3, -0.25) is 0 Å². The van der Waals surface area contributed by atoms with E-state index in [1.165, 1.54) is 30.3 Å². The van der Waals surface area contributed by atoms with Crippen LogP contribution >= 0.6 is 15.9 Å². The molecule has 1 unspecified atom stereocenters. The molecule has 2 aromatic carbocycles. The van der Waals surface area contributed by atoms with Gasteiger partial charge < -0.3 is 5.11 Å². The van der Waals surface area contributed by atoms with Crippen LogP contribution in [0.4, 0.5) is 8.78 Å². The number of aliphatic hydroxyl groups excluding tert-OH is 1. The molecule has 2 rings (SSSR count). The van der Waals surface area contributed by atoms with E-state index < -0.39 is 11.9 Å². The second kappa shape index (κ2) is 5.59. The number of hydrogen-bond donors (Lipinski definition) is 1. The number of rotatable bonds is 3. The van der Waals surface area contributed by atoms with E-state index in [-0.39, 0.29) is 12.2 Å². The molecular formula is C14H11BrF2O. The zero-order valence-electron chi connectivity index (χ0n) is 9.41. The molecule has 1 N–H and O–H groups in total. The first-order valence-corrected chi connectivity index (χ1v) is 6.23. The third-order valence-electron chi connectivity index (χ3n) is 2.65. The summed E-state index contributed by atoms with van der Waals surface area (Å²) < 4.78 is 26.9. The van der Waals surface area contributed by atoms with Crippen molar-refractivity contribution >= 4 is 15.9 Å². The summed E-state index contributed by atoms with van der Waals surface area (Å²) in [4.78, 5) is 0. The SMILES string of the molecule is OC(Cc1cc(F)ccc1Br)c1cccc(F)c1. The Labute approximate surface area is 112 Å². The molecule has 1 nitrogen and oxygen atoms in total. The summed E-state index contributed by atoms with van der Waals surface area (Å²) >= 11 is 3.29. The van der Waals surface area contributed by atoms with Gasteiger partial charge in [-0.05, 0) is 41.5 Å². The number of benzene rings is 2. The van der Waals surface area contributed by atoms with E-state index in [0.717, 1.165) is 4.47 Å². The van der Waals surface area contributed by atoms with Crippen molar-refractivity contribution in [2.75, 3.05) is 0 Å². The van der Waals surface area contributed by atoms with Crippen molar-refractivity contribution in [2.24, 2.45) is 0 Å². The molecule has 0 saturated heterocycles. The summed E-state index contributed by atoms with van der Waals surface area (Å²) in [5.41, 5.74) is 1.12. The Bertz CT molecular complexity index is 557. The van der Waals surface area contributed by atoms with Gasteiger partial charge >= 0.3 is 0 Å². The van der Waals surface area contributed by atoms with Gasteiger partial charge in [0.1, 0.15) is 11.6 Å². The van der Waals surface area contributed by atoms with Crippen molar-refractivity contribution in [1.82, 2.24) is 0 Å². The van der Waals surface area contributed by atoms with Gasteiger partial charge in [0.05, 0.1) is 6.10 Å². The van der Waals surface area contributed by atoms with Gasteiger partial charge in [-0.1, -0.05) is 28.1 Å². The highest BCUT2D eigenvalue weighted by atomic mass is 79.9. The smallest absolute Gasteiger partial charge is 0.123 e. The minimum absolute atomic E-state index is 0.224. The predicted octanol–water partition coefficient (Wildman–Crippen LogP) is 4.00. The first kappa shape index (κ1) is 13.2. The number of halogens is 3. The van der Waals surface area contributed by atoms with Gasteiger partial charge in [0, 0.05) is 10.9 Å². The van der Waals surface area contributed by atoms with Crippen LogP contribution < -0.4 is 0 Å². The van der Waals surface area contributed by atoms with Crippen LogP contribution in [0, 0.1) is 11.6 Å². The molecular weight excluding hydrogens is 302 g/mol. The van der Waals surface area contributed by atoms with Crippen LogP contribution in [0.25, 0.3) is 0 Å². The molecule has 0 aliphatic rings. The lowest BCUT2D eigenvalue weighted by Crippen LogP contribution is -2.03. The first-order chi connectivity index (χ1) is 8.56. The Morgan fingerprint density at radius 1 is 1.06 bits per heavy atom. The second-order valence-electron chi connectivity index (χ2n) is 4.01. The van der Waals surface area contributed by atoms with Gasteiger partial charge in [-0.15, -0.1) is 0 Å². The zero-order chi connectivity index (χ0) is 13.1. The summed E-state index contributed by atoms with van der Waals surface area (Å²) in [7, 11) is 0. The quantitative estimate of drug-likeness (QED) is 0.908. The summed E-state index contributed by atoms with van der Waals surface area (Å²) in [5, 5.41) is 10.0. The fraction of sp³-hybridized carbons (Fsp3) is 0.143.